The lowest BCUT2D eigenvalue weighted by Gasteiger charge is -2.37. The van der Waals surface area contributed by atoms with Crippen LogP contribution in [-0.4, -0.2) is 25.7 Å². The second kappa shape index (κ2) is 3.06. The lowest BCUT2D eigenvalue weighted by molar-refractivity contribution is 0.0114. The Morgan fingerprint density at radius 3 is 2.88 bits per heavy atom. The molecule has 2 aliphatic rings. The molecule has 0 saturated heterocycles. The minimum atomic E-state index is -0.260. The van der Waals surface area contributed by atoms with E-state index in [1.54, 1.807) is 23.5 Å². The van der Waals surface area contributed by atoms with Gasteiger partial charge in [-0.1, -0.05) is 0 Å². The van der Waals surface area contributed by atoms with Crippen LogP contribution in [0.5, 0.6) is 0 Å². The van der Waals surface area contributed by atoms with Crippen molar-refractivity contribution in [3.63, 3.8) is 0 Å². The highest BCUT2D eigenvalue weighted by molar-refractivity contribution is 5.93. The van der Waals surface area contributed by atoms with E-state index in [1.807, 2.05) is 6.08 Å². The topological polar surface area (TPSA) is 58.4 Å². The summed E-state index contributed by atoms with van der Waals surface area (Å²) in [7, 11) is 0. The molecule has 2 aliphatic heterocycles. The Hall–Kier alpha value is -2.37. The van der Waals surface area contributed by atoms with Crippen molar-refractivity contribution >= 4 is 5.91 Å². The van der Waals surface area contributed by atoms with Crippen molar-refractivity contribution in [2.24, 2.45) is 0 Å². The molecule has 0 saturated carbocycles. The van der Waals surface area contributed by atoms with Gasteiger partial charge in [0.1, 0.15) is 12.4 Å². The van der Waals surface area contributed by atoms with Crippen LogP contribution >= 0.6 is 0 Å². The number of hydrazine groups is 1. The van der Waals surface area contributed by atoms with Gasteiger partial charge in [0.05, 0.1) is 6.20 Å². The van der Waals surface area contributed by atoms with Crippen molar-refractivity contribution in [2.45, 2.75) is 6.67 Å². The fourth-order valence-corrected chi connectivity index (χ4v) is 1.71. The van der Waals surface area contributed by atoms with Crippen molar-refractivity contribution in [2.75, 3.05) is 0 Å². The van der Waals surface area contributed by atoms with Crippen molar-refractivity contribution in [1.82, 2.24) is 19.8 Å². The minimum Gasteiger partial charge on any atom is -0.288 e. The number of aromatic nitrogens is 2. The minimum absolute atomic E-state index is 0.253. The molecule has 0 aliphatic carbocycles. The Morgan fingerprint density at radius 2 is 2.00 bits per heavy atom. The summed E-state index contributed by atoms with van der Waals surface area (Å²) in [6.45, 7) is 0.419. The summed E-state index contributed by atoms with van der Waals surface area (Å²) in [6, 6.07) is 1.30. The highest BCUT2D eigenvalue weighted by Gasteiger charge is 2.28. The van der Waals surface area contributed by atoms with Crippen LogP contribution in [0.3, 0.4) is 0 Å². The van der Waals surface area contributed by atoms with Gasteiger partial charge in [0.15, 0.2) is 0 Å². The van der Waals surface area contributed by atoms with Crippen molar-refractivity contribution in [3.8, 4) is 0 Å². The van der Waals surface area contributed by atoms with Crippen LogP contribution in [0.2, 0.25) is 0 Å². The van der Waals surface area contributed by atoms with Gasteiger partial charge in [0, 0.05) is 18.5 Å². The molecule has 0 fully saturated rings. The second-order valence-electron chi connectivity index (χ2n) is 3.49. The number of hydrogen-bond acceptors (Lipinski definition) is 4. The lowest BCUT2D eigenvalue weighted by Crippen LogP contribution is -2.48. The van der Waals surface area contributed by atoms with E-state index in [0.29, 0.717) is 12.4 Å². The van der Waals surface area contributed by atoms with Gasteiger partial charge in [-0.3, -0.25) is 14.6 Å². The number of rotatable bonds is 0. The number of amides is 1. The Labute approximate surface area is 90.7 Å². The van der Waals surface area contributed by atoms with E-state index >= 15 is 0 Å². The second-order valence-corrected chi connectivity index (χ2v) is 3.49. The fourth-order valence-electron chi connectivity index (χ4n) is 1.71. The van der Waals surface area contributed by atoms with E-state index in [-0.39, 0.29) is 11.3 Å². The Morgan fingerprint density at radius 1 is 1.19 bits per heavy atom. The smallest absolute Gasteiger partial charge is 0.288 e. The van der Waals surface area contributed by atoms with Crippen molar-refractivity contribution < 1.29 is 4.79 Å². The summed E-state index contributed by atoms with van der Waals surface area (Å²) in [5, 5.41) is 7.09. The molecule has 6 nitrogen and oxygen atoms in total. The average molecular weight is 216 g/mol. The summed E-state index contributed by atoms with van der Waals surface area (Å²) >= 11 is 0. The van der Waals surface area contributed by atoms with Gasteiger partial charge in [0.25, 0.3) is 5.91 Å². The molecule has 1 aromatic heterocycles. The van der Waals surface area contributed by atoms with Crippen LogP contribution in [0.15, 0.2) is 41.6 Å². The third-order valence-corrected chi connectivity index (χ3v) is 2.46. The van der Waals surface area contributed by atoms with Crippen LogP contribution in [0.4, 0.5) is 0 Å². The van der Waals surface area contributed by atoms with Gasteiger partial charge in [0.2, 0.25) is 5.43 Å². The van der Waals surface area contributed by atoms with Gasteiger partial charge in [-0.2, -0.15) is 5.10 Å². The number of allylic oxidation sites excluding steroid dienone is 2. The standard InChI is InChI=1S/C10H8N4O2/c15-8-5-9-10(16)14-4-2-1-3-12(14)7-13(9)11-6-8/h1-6H,7H2. The molecule has 6 heteroatoms. The van der Waals surface area contributed by atoms with Gasteiger partial charge in [-0.25, -0.2) is 9.69 Å². The zero-order valence-corrected chi connectivity index (χ0v) is 8.28. The molecule has 0 aromatic carbocycles. The third kappa shape index (κ3) is 1.16. The molecular formula is C10H8N4O2. The number of carbonyl (C=O) groups is 1. The third-order valence-electron chi connectivity index (χ3n) is 2.46. The van der Waals surface area contributed by atoms with Crippen LogP contribution in [0.1, 0.15) is 10.5 Å². The van der Waals surface area contributed by atoms with Gasteiger partial charge < -0.3 is 0 Å². The predicted molar refractivity (Wildman–Crippen MR) is 54.8 cm³/mol. The summed E-state index contributed by atoms with van der Waals surface area (Å²) in [4.78, 5) is 23.2. The zero-order chi connectivity index (χ0) is 11.1. The van der Waals surface area contributed by atoms with E-state index in [4.69, 9.17) is 0 Å². The first-order valence-electron chi connectivity index (χ1n) is 4.78. The number of nitrogens with zero attached hydrogens (tertiary/aromatic N) is 4. The largest absolute Gasteiger partial charge is 0.295 e. The van der Waals surface area contributed by atoms with Gasteiger partial charge >= 0.3 is 0 Å². The van der Waals surface area contributed by atoms with E-state index in [1.165, 1.54) is 22.0 Å². The maximum atomic E-state index is 12.0. The summed E-state index contributed by atoms with van der Waals surface area (Å²) < 4.78 is 1.50. The molecule has 0 unspecified atom stereocenters. The molecule has 1 aromatic rings. The molecule has 0 radical (unpaired) electrons. The van der Waals surface area contributed by atoms with Crippen molar-refractivity contribution in [1.29, 1.82) is 0 Å². The normalized spacial score (nSPS) is 17.4. The molecule has 3 rings (SSSR count). The first-order valence-corrected chi connectivity index (χ1v) is 4.78. The number of fused-ring (bicyclic) bond motifs is 2. The Balaban J connectivity index is 2.15. The van der Waals surface area contributed by atoms with E-state index in [9.17, 15) is 9.59 Å². The summed E-state index contributed by atoms with van der Waals surface area (Å²) in [6.07, 6.45) is 8.23. The summed E-state index contributed by atoms with van der Waals surface area (Å²) in [5.74, 6) is -0.253. The highest BCUT2D eigenvalue weighted by Crippen LogP contribution is 2.17. The number of hydrogen-bond donors (Lipinski definition) is 0. The van der Waals surface area contributed by atoms with Crippen molar-refractivity contribution in [3.05, 3.63) is 52.7 Å². The SMILES string of the molecule is O=C1c2cc(=O)cnn2CN2C=CC=CN12. The predicted octanol–water partition coefficient (Wildman–Crippen LogP) is -0.0854. The highest BCUT2D eigenvalue weighted by atomic mass is 16.2. The first kappa shape index (κ1) is 8.90. The molecular weight excluding hydrogens is 208 g/mol. The van der Waals surface area contributed by atoms with E-state index < -0.39 is 0 Å². The van der Waals surface area contributed by atoms with Crippen LogP contribution in [0.25, 0.3) is 0 Å². The molecule has 0 bridgehead atoms. The van der Waals surface area contributed by atoms with Crippen LogP contribution in [-0.2, 0) is 6.67 Å². The molecule has 0 atom stereocenters. The maximum Gasteiger partial charge on any atom is 0.295 e. The Kier molecular flexibility index (Phi) is 1.70. The molecule has 0 spiro atoms. The van der Waals surface area contributed by atoms with Gasteiger partial charge in [-0.15, -0.1) is 0 Å². The quantitative estimate of drug-likeness (QED) is 0.608. The Bertz CT molecular complexity index is 572. The number of carbonyl (C=O) groups excluding carboxylic acids is 1. The fraction of sp³-hybridized carbons (Fsp3) is 0.100. The summed E-state index contributed by atoms with van der Waals surface area (Å²) in [5.41, 5.74) is 0.0493. The average Bonchev–Trinajstić information content (AvgIpc) is 2.31. The molecule has 1 amide bonds. The van der Waals surface area contributed by atoms with Crippen LogP contribution < -0.4 is 5.43 Å². The maximum absolute atomic E-state index is 12.0. The molecule has 0 N–H and O–H groups in total. The molecule has 16 heavy (non-hydrogen) atoms. The lowest BCUT2D eigenvalue weighted by atomic mass is 10.3. The van der Waals surface area contributed by atoms with E-state index in [2.05, 4.69) is 5.10 Å². The molecule has 3 heterocycles. The monoisotopic (exact) mass is 216 g/mol. The van der Waals surface area contributed by atoms with Crippen LogP contribution in [0, 0.1) is 0 Å². The van der Waals surface area contributed by atoms with Gasteiger partial charge in [-0.05, 0) is 12.2 Å². The molecule has 80 valence electrons. The zero-order valence-electron chi connectivity index (χ0n) is 8.28. The van der Waals surface area contributed by atoms with E-state index in [0.717, 1.165) is 0 Å². The first-order chi connectivity index (χ1) is 7.75.